The van der Waals surface area contributed by atoms with E-state index in [1.165, 1.54) is 6.07 Å². The highest BCUT2D eigenvalue weighted by Crippen LogP contribution is 2.39. The molecule has 0 unspecified atom stereocenters. The third-order valence-corrected chi connectivity index (χ3v) is 2.65. The monoisotopic (exact) mass is 215 g/mol. The summed E-state index contributed by atoms with van der Waals surface area (Å²) in [4.78, 5) is 1.82. The maximum atomic E-state index is 13.6. The zero-order chi connectivity index (χ0) is 11.0. The average molecular weight is 215 g/mol. The highest BCUT2D eigenvalue weighted by molar-refractivity contribution is 5.71. The molecule has 0 saturated heterocycles. The van der Waals surface area contributed by atoms with E-state index in [-0.39, 0.29) is 5.82 Å². The van der Waals surface area contributed by atoms with Crippen LogP contribution in [0.4, 0.5) is 15.8 Å². The van der Waals surface area contributed by atoms with Gasteiger partial charge in [0.05, 0.1) is 11.4 Å². The fourth-order valence-corrected chi connectivity index (χ4v) is 1.88. The van der Waals surface area contributed by atoms with Crippen molar-refractivity contribution in [2.45, 2.75) is 0 Å². The van der Waals surface area contributed by atoms with E-state index < -0.39 is 0 Å². The first kappa shape index (κ1) is 9.21. The lowest BCUT2D eigenvalue weighted by Crippen LogP contribution is -2.16. The first-order valence-corrected chi connectivity index (χ1v) is 5.10. The Kier molecular flexibility index (Phi) is 2.03. The normalized spacial score (nSPS) is 13.4. The summed E-state index contributed by atoms with van der Waals surface area (Å²) in [5, 5.41) is 0. The second kappa shape index (κ2) is 3.52. The first-order chi connectivity index (χ1) is 7.86. The van der Waals surface area contributed by atoms with Crippen LogP contribution >= 0.6 is 0 Å². The topological polar surface area (TPSA) is 12.5 Å². The van der Waals surface area contributed by atoms with Crippen LogP contribution in [0.5, 0.6) is 5.75 Å². The fraction of sp³-hybridized carbons (Fsp3) is 0.0769. The van der Waals surface area contributed by atoms with Gasteiger partial charge in [-0.2, -0.15) is 0 Å². The molecular weight excluding hydrogens is 205 g/mol. The standard InChI is InChI=1S/C13H10FNO/c14-10-5-1-2-6-11(10)15-9-16-13-8-4-3-7-12(13)15/h1-8H,9H2. The van der Waals surface area contributed by atoms with Gasteiger partial charge in [-0.1, -0.05) is 24.3 Å². The van der Waals surface area contributed by atoms with Crippen LogP contribution in [-0.4, -0.2) is 6.73 Å². The minimum atomic E-state index is -0.234. The van der Waals surface area contributed by atoms with Crippen LogP contribution in [0.15, 0.2) is 48.5 Å². The predicted octanol–water partition coefficient (Wildman–Crippen LogP) is 3.31. The molecule has 16 heavy (non-hydrogen) atoms. The van der Waals surface area contributed by atoms with Gasteiger partial charge in [0.25, 0.3) is 0 Å². The third-order valence-electron chi connectivity index (χ3n) is 2.65. The van der Waals surface area contributed by atoms with Crippen molar-refractivity contribution in [1.29, 1.82) is 0 Å². The highest BCUT2D eigenvalue weighted by atomic mass is 19.1. The van der Waals surface area contributed by atoms with Crippen LogP contribution in [0.3, 0.4) is 0 Å². The molecule has 0 spiro atoms. The quantitative estimate of drug-likeness (QED) is 0.723. The second-order valence-corrected chi connectivity index (χ2v) is 3.62. The fourth-order valence-electron chi connectivity index (χ4n) is 1.88. The summed E-state index contributed by atoms with van der Waals surface area (Å²) < 4.78 is 19.1. The van der Waals surface area contributed by atoms with Crippen molar-refractivity contribution in [1.82, 2.24) is 0 Å². The summed E-state index contributed by atoms with van der Waals surface area (Å²) in [5.74, 6) is 0.563. The van der Waals surface area contributed by atoms with Gasteiger partial charge in [-0.25, -0.2) is 4.39 Å². The number of hydrogen-bond donors (Lipinski definition) is 0. The van der Waals surface area contributed by atoms with Crippen molar-refractivity contribution in [3.8, 4) is 5.75 Å². The summed E-state index contributed by atoms with van der Waals surface area (Å²) in [7, 11) is 0. The van der Waals surface area contributed by atoms with Gasteiger partial charge in [0.15, 0.2) is 6.73 Å². The summed E-state index contributed by atoms with van der Waals surface area (Å²) in [6.45, 7) is 0.361. The van der Waals surface area contributed by atoms with Crippen LogP contribution < -0.4 is 9.64 Å². The summed E-state index contributed by atoms with van der Waals surface area (Å²) >= 11 is 0. The molecule has 0 N–H and O–H groups in total. The largest absolute Gasteiger partial charge is 0.471 e. The predicted molar refractivity (Wildman–Crippen MR) is 60.5 cm³/mol. The van der Waals surface area contributed by atoms with E-state index in [1.54, 1.807) is 12.1 Å². The molecule has 1 aliphatic rings. The zero-order valence-electron chi connectivity index (χ0n) is 8.56. The van der Waals surface area contributed by atoms with Crippen molar-refractivity contribution < 1.29 is 9.13 Å². The number of fused-ring (bicyclic) bond motifs is 1. The molecule has 3 heteroatoms. The van der Waals surface area contributed by atoms with E-state index in [0.717, 1.165) is 11.4 Å². The molecule has 0 radical (unpaired) electrons. The second-order valence-electron chi connectivity index (χ2n) is 3.62. The Hall–Kier alpha value is -2.03. The van der Waals surface area contributed by atoms with Gasteiger partial charge < -0.3 is 9.64 Å². The number of para-hydroxylation sites is 3. The van der Waals surface area contributed by atoms with Crippen molar-refractivity contribution in [2.24, 2.45) is 0 Å². The zero-order valence-corrected chi connectivity index (χ0v) is 8.56. The number of hydrogen-bond acceptors (Lipinski definition) is 2. The molecule has 1 aliphatic heterocycles. The number of anilines is 2. The van der Waals surface area contributed by atoms with Crippen LogP contribution in [-0.2, 0) is 0 Å². The number of nitrogens with zero attached hydrogens (tertiary/aromatic N) is 1. The Bertz CT molecular complexity index is 527. The van der Waals surface area contributed by atoms with Crippen molar-refractivity contribution in [3.05, 3.63) is 54.3 Å². The number of benzene rings is 2. The molecule has 1 heterocycles. The van der Waals surface area contributed by atoms with Crippen molar-refractivity contribution >= 4 is 11.4 Å². The van der Waals surface area contributed by atoms with Gasteiger partial charge in [-0.3, -0.25) is 0 Å². The van der Waals surface area contributed by atoms with Crippen molar-refractivity contribution in [2.75, 3.05) is 11.6 Å². The maximum Gasteiger partial charge on any atom is 0.166 e. The minimum absolute atomic E-state index is 0.234. The Morgan fingerprint density at radius 1 is 0.938 bits per heavy atom. The Morgan fingerprint density at radius 2 is 1.62 bits per heavy atom. The maximum absolute atomic E-state index is 13.6. The van der Waals surface area contributed by atoms with Gasteiger partial charge >= 0.3 is 0 Å². The molecule has 0 amide bonds. The lowest BCUT2D eigenvalue weighted by atomic mass is 10.2. The summed E-state index contributed by atoms with van der Waals surface area (Å²) in [5.41, 5.74) is 1.46. The molecule has 0 saturated carbocycles. The van der Waals surface area contributed by atoms with E-state index in [9.17, 15) is 4.39 Å². The molecular formula is C13H10FNO. The van der Waals surface area contributed by atoms with Crippen LogP contribution in [0.2, 0.25) is 0 Å². The minimum Gasteiger partial charge on any atom is -0.471 e. The molecule has 2 aromatic rings. The Morgan fingerprint density at radius 3 is 2.44 bits per heavy atom. The molecule has 0 fully saturated rings. The lowest BCUT2D eigenvalue weighted by Gasteiger charge is -2.16. The SMILES string of the molecule is Fc1ccccc1N1COc2ccccc21. The molecule has 0 bridgehead atoms. The van der Waals surface area contributed by atoms with Crippen molar-refractivity contribution in [3.63, 3.8) is 0 Å². The van der Waals surface area contributed by atoms with E-state index in [2.05, 4.69) is 0 Å². The van der Waals surface area contributed by atoms with E-state index in [0.29, 0.717) is 12.4 Å². The van der Waals surface area contributed by atoms with Gasteiger partial charge in [0, 0.05) is 0 Å². The molecule has 2 nitrogen and oxygen atoms in total. The lowest BCUT2D eigenvalue weighted by molar-refractivity contribution is 0.356. The molecule has 0 atom stereocenters. The molecule has 0 aromatic heterocycles. The molecule has 80 valence electrons. The Labute approximate surface area is 92.9 Å². The number of ether oxygens (including phenoxy) is 1. The molecule has 0 aliphatic carbocycles. The number of rotatable bonds is 1. The smallest absolute Gasteiger partial charge is 0.166 e. The van der Waals surface area contributed by atoms with Gasteiger partial charge in [0.1, 0.15) is 11.6 Å². The molecule has 3 rings (SSSR count). The van der Waals surface area contributed by atoms with Crippen LogP contribution in [0.25, 0.3) is 0 Å². The molecule has 2 aromatic carbocycles. The summed E-state index contributed by atoms with van der Waals surface area (Å²) in [6, 6.07) is 14.3. The number of halogens is 1. The summed E-state index contributed by atoms with van der Waals surface area (Å²) in [6.07, 6.45) is 0. The van der Waals surface area contributed by atoms with E-state index in [4.69, 9.17) is 4.74 Å². The van der Waals surface area contributed by atoms with Gasteiger partial charge in [-0.05, 0) is 24.3 Å². The van der Waals surface area contributed by atoms with Crippen LogP contribution in [0.1, 0.15) is 0 Å². The van der Waals surface area contributed by atoms with E-state index >= 15 is 0 Å². The Balaban J connectivity index is 2.08. The van der Waals surface area contributed by atoms with Gasteiger partial charge in [-0.15, -0.1) is 0 Å². The van der Waals surface area contributed by atoms with E-state index in [1.807, 2.05) is 35.2 Å². The first-order valence-electron chi connectivity index (χ1n) is 5.10. The van der Waals surface area contributed by atoms with Gasteiger partial charge in [0.2, 0.25) is 0 Å². The third kappa shape index (κ3) is 1.33. The average Bonchev–Trinajstić information content (AvgIpc) is 2.74. The van der Waals surface area contributed by atoms with Crippen LogP contribution in [0, 0.1) is 5.82 Å². The highest BCUT2D eigenvalue weighted by Gasteiger charge is 2.22.